The number of nitrogens with zero attached hydrogens (tertiary/aromatic N) is 4. The summed E-state index contributed by atoms with van der Waals surface area (Å²) in [4.78, 5) is 37.7. The lowest BCUT2D eigenvalue weighted by Gasteiger charge is -2.27. The van der Waals surface area contributed by atoms with Crippen molar-refractivity contribution in [3.8, 4) is 5.69 Å². The van der Waals surface area contributed by atoms with Crippen molar-refractivity contribution in [1.82, 2.24) is 30.8 Å². The molecule has 3 aromatic heterocycles. The monoisotopic (exact) mass is 444 g/mol. The molecule has 1 aliphatic rings. The Kier molecular flexibility index (Phi) is 5.75. The first kappa shape index (κ1) is 20.3. The summed E-state index contributed by atoms with van der Waals surface area (Å²) in [5, 5.41) is 17.7. The predicted octanol–water partition coefficient (Wildman–Crippen LogP) is 1.34. The molecule has 1 atom stereocenters. The number of amides is 2. The van der Waals surface area contributed by atoms with Gasteiger partial charge in [-0.1, -0.05) is 0 Å². The number of tetrazole rings is 1. The zero-order chi connectivity index (χ0) is 21.8. The fourth-order valence-electron chi connectivity index (χ4n) is 2.96. The second-order valence-electron chi connectivity index (χ2n) is 6.13. The number of nitrogens with one attached hydrogen (secondary N) is 2. The molecule has 0 fully saturated rings. The number of carbonyl (C=O) groups is 3. The largest absolute Gasteiger partial charge is 0.467 e. The number of hydrogen-bond donors (Lipinski definition) is 2. The summed E-state index contributed by atoms with van der Waals surface area (Å²) in [6, 6.07) is 3.44. The third kappa shape index (κ3) is 4.16. The van der Waals surface area contributed by atoms with Gasteiger partial charge in [-0.2, -0.15) is 4.68 Å². The number of urea groups is 1. The van der Waals surface area contributed by atoms with E-state index in [9.17, 15) is 14.4 Å². The Morgan fingerprint density at radius 1 is 1.29 bits per heavy atom. The van der Waals surface area contributed by atoms with Gasteiger partial charge in [0.1, 0.15) is 29.6 Å². The molecule has 12 nitrogen and oxygen atoms in total. The minimum atomic E-state index is -0.893. The predicted molar refractivity (Wildman–Crippen MR) is 104 cm³/mol. The van der Waals surface area contributed by atoms with Crippen LogP contribution in [-0.4, -0.2) is 51.4 Å². The van der Waals surface area contributed by atoms with E-state index in [4.69, 9.17) is 13.9 Å². The number of esters is 2. The molecule has 4 heterocycles. The first-order valence-electron chi connectivity index (χ1n) is 9.07. The molecule has 0 saturated heterocycles. The van der Waals surface area contributed by atoms with Gasteiger partial charge in [0.15, 0.2) is 0 Å². The van der Waals surface area contributed by atoms with Gasteiger partial charge in [0, 0.05) is 0 Å². The third-order valence-corrected chi connectivity index (χ3v) is 5.13. The van der Waals surface area contributed by atoms with Crippen molar-refractivity contribution in [2.45, 2.75) is 13.0 Å². The van der Waals surface area contributed by atoms with E-state index in [2.05, 4.69) is 26.2 Å². The smallest absolute Gasteiger partial charge is 0.350 e. The van der Waals surface area contributed by atoms with Crippen LogP contribution in [0, 0.1) is 0 Å². The molecular formula is C18H16N6O6S. The maximum absolute atomic E-state index is 12.7. The number of aromatic nitrogens is 4. The average molecular weight is 444 g/mol. The van der Waals surface area contributed by atoms with Crippen molar-refractivity contribution < 1.29 is 28.3 Å². The van der Waals surface area contributed by atoms with Crippen molar-refractivity contribution in [2.75, 3.05) is 13.2 Å². The molecule has 0 radical (unpaired) electrons. The van der Waals surface area contributed by atoms with E-state index in [1.54, 1.807) is 30.5 Å². The minimum absolute atomic E-state index is 0.0797. The molecule has 13 heteroatoms. The molecule has 1 aliphatic heterocycles. The maximum atomic E-state index is 12.7. The van der Waals surface area contributed by atoms with Crippen molar-refractivity contribution >= 4 is 29.3 Å². The van der Waals surface area contributed by atoms with Crippen LogP contribution in [0.15, 0.2) is 51.9 Å². The van der Waals surface area contributed by atoms with E-state index >= 15 is 0 Å². The molecule has 0 aromatic carbocycles. The molecule has 2 N–H and O–H groups in total. The zero-order valence-corrected chi connectivity index (χ0v) is 16.9. The van der Waals surface area contributed by atoms with Crippen LogP contribution in [0.4, 0.5) is 4.79 Å². The Labute approximate surface area is 178 Å². The lowest BCUT2D eigenvalue weighted by Crippen LogP contribution is -2.47. The number of ether oxygens (including phenoxy) is 2. The SMILES string of the molecule is CCOC(=O)C1=C(COC(=O)c2sccc2-n2cnnn2)NC(=O)NC1c1ccco1. The van der Waals surface area contributed by atoms with Gasteiger partial charge >= 0.3 is 18.0 Å². The lowest BCUT2D eigenvalue weighted by atomic mass is 10.0. The fraction of sp³-hybridized carbons (Fsp3) is 0.222. The van der Waals surface area contributed by atoms with Crippen LogP contribution in [0.3, 0.4) is 0 Å². The first-order valence-corrected chi connectivity index (χ1v) is 9.95. The minimum Gasteiger partial charge on any atom is -0.467 e. The van der Waals surface area contributed by atoms with Crippen LogP contribution in [-0.2, 0) is 14.3 Å². The molecule has 0 spiro atoms. The van der Waals surface area contributed by atoms with Gasteiger partial charge in [0.25, 0.3) is 0 Å². The van der Waals surface area contributed by atoms with Crippen molar-refractivity contribution in [3.05, 3.63) is 58.1 Å². The number of carbonyl (C=O) groups excluding carboxylic acids is 3. The number of furan rings is 1. The summed E-state index contributed by atoms with van der Waals surface area (Å²) in [5.41, 5.74) is 0.621. The number of hydrogen-bond acceptors (Lipinski definition) is 10. The van der Waals surface area contributed by atoms with Crippen LogP contribution < -0.4 is 10.6 Å². The molecule has 31 heavy (non-hydrogen) atoms. The highest BCUT2D eigenvalue weighted by molar-refractivity contribution is 7.12. The highest BCUT2D eigenvalue weighted by Gasteiger charge is 2.36. The van der Waals surface area contributed by atoms with Gasteiger partial charge in [-0.25, -0.2) is 14.4 Å². The number of thiophene rings is 1. The maximum Gasteiger partial charge on any atom is 0.350 e. The van der Waals surface area contributed by atoms with Crippen molar-refractivity contribution in [2.24, 2.45) is 0 Å². The van der Waals surface area contributed by atoms with E-state index < -0.39 is 24.0 Å². The summed E-state index contributed by atoms with van der Waals surface area (Å²) >= 11 is 1.14. The van der Waals surface area contributed by atoms with Gasteiger partial charge in [-0.05, 0) is 40.9 Å². The van der Waals surface area contributed by atoms with E-state index in [1.807, 2.05) is 0 Å². The summed E-state index contributed by atoms with van der Waals surface area (Å²) < 4.78 is 17.2. The standard InChI is InChI=1S/C18H16N6O6S/c1-2-28-16(25)13-10(20-18(27)21-14(13)12-4-3-6-29-12)8-30-17(26)15-11(5-7-31-15)24-9-19-22-23-24/h3-7,9,14H,2,8H2,1H3,(H2,20,21,27). The Morgan fingerprint density at radius 2 is 2.16 bits per heavy atom. The summed E-state index contributed by atoms with van der Waals surface area (Å²) in [5.74, 6) is -1.01. The van der Waals surface area contributed by atoms with Crippen molar-refractivity contribution in [3.63, 3.8) is 0 Å². The first-order chi connectivity index (χ1) is 15.1. The van der Waals surface area contributed by atoms with Crippen LogP contribution >= 0.6 is 11.3 Å². The quantitative estimate of drug-likeness (QED) is 0.515. The molecule has 0 saturated carbocycles. The fourth-order valence-corrected chi connectivity index (χ4v) is 3.73. The van der Waals surface area contributed by atoms with Gasteiger partial charge in [0.2, 0.25) is 0 Å². The molecule has 4 rings (SSSR count). The molecule has 0 aliphatic carbocycles. The summed E-state index contributed by atoms with van der Waals surface area (Å²) in [6.07, 6.45) is 2.77. The summed E-state index contributed by atoms with van der Waals surface area (Å²) in [7, 11) is 0. The molecule has 3 aromatic rings. The molecular weight excluding hydrogens is 428 g/mol. The van der Waals surface area contributed by atoms with Crippen LogP contribution in [0.25, 0.3) is 5.69 Å². The number of rotatable bonds is 7. The third-order valence-electron chi connectivity index (χ3n) is 4.25. The Bertz CT molecular complexity index is 1120. The molecule has 0 bridgehead atoms. The van der Waals surface area contributed by atoms with Crippen molar-refractivity contribution in [1.29, 1.82) is 0 Å². The van der Waals surface area contributed by atoms with Crippen LogP contribution in [0.2, 0.25) is 0 Å². The molecule has 1 unspecified atom stereocenters. The lowest BCUT2D eigenvalue weighted by molar-refractivity contribution is -0.139. The van der Waals surface area contributed by atoms with E-state index in [1.165, 1.54) is 17.3 Å². The second-order valence-corrected chi connectivity index (χ2v) is 7.04. The average Bonchev–Trinajstić information content (AvgIpc) is 3.53. The van der Waals surface area contributed by atoms with Gasteiger partial charge in [-0.3, -0.25) is 0 Å². The zero-order valence-electron chi connectivity index (χ0n) is 16.1. The van der Waals surface area contributed by atoms with Gasteiger partial charge < -0.3 is 24.5 Å². The molecule has 160 valence electrons. The summed E-state index contributed by atoms with van der Waals surface area (Å²) in [6.45, 7) is 1.41. The Morgan fingerprint density at radius 3 is 2.87 bits per heavy atom. The van der Waals surface area contributed by atoms with Crippen LogP contribution in [0.5, 0.6) is 0 Å². The highest BCUT2D eigenvalue weighted by Crippen LogP contribution is 2.28. The van der Waals surface area contributed by atoms with Gasteiger partial charge in [-0.15, -0.1) is 16.4 Å². The molecule has 2 amide bonds. The normalized spacial score (nSPS) is 15.9. The topological polar surface area (TPSA) is 150 Å². The Balaban J connectivity index is 1.61. The Hall–Kier alpha value is -4.00. The highest BCUT2D eigenvalue weighted by atomic mass is 32.1. The van der Waals surface area contributed by atoms with E-state index in [0.29, 0.717) is 11.4 Å². The van der Waals surface area contributed by atoms with E-state index in [-0.39, 0.29) is 29.4 Å². The van der Waals surface area contributed by atoms with E-state index in [0.717, 1.165) is 11.3 Å². The van der Waals surface area contributed by atoms with Gasteiger partial charge in [0.05, 0.1) is 29.8 Å². The van der Waals surface area contributed by atoms with Crippen LogP contribution in [0.1, 0.15) is 28.4 Å². The second kappa shape index (κ2) is 8.79.